The molecule has 4 nitrogen and oxygen atoms in total. The van der Waals surface area contributed by atoms with Crippen molar-refractivity contribution < 1.29 is 4.79 Å². The van der Waals surface area contributed by atoms with E-state index in [2.05, 4.69) is 29.5 Å². The maximum Gasteiger partial charge on any atom is 0.251 e. The average molecular weight is 370 g/mol. The van der Waals surface area contributed by atoms with Gasteiger partial charge in [0.15, 0.2) is 0 Å². The maximum atomic E-state index is 12.4. The Morgan fingerprint density at radius 1 is 1.33 bits per heavy atom. The third-order valence-electron chi connectivity index (χ3n) is 4.66. The molecule has 1 aromatic heterocycles. The second-order valence-electron chi connectivity index (χ2n) is 6.72. The van der Waals surface area contributed by atoms with Crippen molar-refractivity contribution in [3.8, 4) is 0 Å². The van der Waals surface area contributed by atoms with Crippen molar-refractivity contribution in [3.63, 3.8) is 0 Å². The lowest BCUT2D eigenvalue weighted by Crippen LogP contribution is -2.52. The zero-order chi connectivity index (χ0) is 15.6. The molecule has 2 aromatic rings. The number of halogens is 2. The van der Waals surface area contributed by atoms with E-state index in [0.717, 1.165) is 17.4 Å². The molecular formula is C18H25Cl2N3O. The number of pyridine rings is 1. The second kappa shape index (κ2) is 8.65. The summed E-state index contributed by atoms with van der Waals surface area (Å²) in [4.78, 5) is 16.7. The number of amides is 1. The van der Waals surface area contributed by atoms with E-state index in [1.807, 2.05) is 30.3 Å². The maximum absolute atomic E-state index is 12.4. The number of piperidine rings is 1. The van der Waals surface area contributed by atoms with E-state index in [1.54, 1.807) is 6.20 Å². The zero-order valence-corrected chi connectivity index (χ0v) is 15.7. The van der Waals surface area contributed by atoms with Gasteiger partial charge in [-0.1, -0.05) is 19.9 Å². The summed E-state index contributed by atoms with van der Waals surface area (Å²) in [7, 11) is 0. The highest BCUT2D eigenvalue weighted by Crippen LogP contribution is 2.29. The van der Waals surface area contributed by atoms with E-state index in [9.17, 15) is 4.79 Å². The first-order valence-electron chi connectivity index (χ1n) is 7.93. The number of benzene rings is 1. The molecule has 1 fully saturated rings. The molecule has 0 radical (unpaired) electrons. The number of aromatic nitrogens is 1. The molecular weight excluding hydrogens is 345 g/mol. The van der Waals surface area contributed by atoms with Gasteiger partial charge in [0.25, 0.3) is 5.91 Å². The highest BCUT2D eigenvalue weighted by Gasteiger charge is 2.31. The molecule has 1 aromatic carbocycles. The number of hydrogen-bond acceptors (Lipinski definition) is 3. The van der Waals surface area contributed by atoms with Crippen LogP contribution in [0, 0.1) is 5.41 Å². The van der Waals surface area contributed by atoms with Crippen LogP contribution < -0.4 is 10.6 Å². The van der Waals surface area contributed by atoms with Gasteiger partial charge in [-0.3, -0.25) is 9.78 Å². The first-order chi connectivity index (χ1) is 10.6. The summed E-state index contributed by atoms with van der Waals surface area (Å²) in [6.45, 7) is 6.22. The number of fused-ring (bicyclic) bond motifs is 1. The van der Waals surface area contributed by atoms with Crippen LogP contribution in [0.15, 0.2) is 36.5 Å². The molecule has 3 rings (SSSR count). The highest BCUT2D eigenvalue weighted by molar-refractivity contribution is 5.97. The molecule has 2 N–H and O–H groups in total. The van der Waals surface area contributed by atoms with E-state index in [1.165, 1.54) is 12.8 Å². The minimum atomic E-state index is -0.0195. The predicted molar refractivity (Wildman–Crippen MR) is 103 cm³/mol. The Morgan fingerprint density at radius 2 is 2.12 bits per heavy atom. The monoisotopic (exact) mass is 369 g/mol. The van der Waals surface area contributed by atoms with Gasteiger partial charge in [-0.2, -0.15) is 0 Å². The van der Waals surface area contributed by atoms with Crippen LogP contribution in [0.2, 0.25) is 0 Å². The third-order valence-corrected chi connectivity index (χ3v) is 4.66. The van der Waals surface area contributed by atoms with Crippen molar-refractivity contribution in [2.75, 3.05) is 13.1 Å². The first kappa shape index (κ1) is 20.7. The van der Waals surface area contributed by atoms with E-state index >= 15 is 0 Å². The number of nitrogens with one attached hydrogen (secondary N) is 2. The standard InChI is InChI=1S/C18H23N3O.2ClH/c1-18(2)8-4-10-20-16(18)12-21-17(22)14-6-7-15-13(11-14)5-3-9-19-15;;/h3,5-7,9,11,16,20H,4,8,10,12H2,1-2H3,(H,21,22);2*1H. The van der Waals surface area contributed by atoms with Crippen LogP contribution in [0.3, 0.4) is 0 Å². The van der Waals surface area contributed by atoms with E-state index in [-0.39, 0.29) is 36.1 Å². The van der Waals surface area contributed by atoms with Crippen molar-refractivity contribution >= 4 is 41.6 Å². The SMILES string of the molecule is CC1(C)CCCNC1CNC(=O)c1ccc2ncccc2c1.Cl.Cl. The van der Waals surface area contributed by atoms with Crippen LogP contribution in [-0.4, -0.2) is 30.0 Å². The lowest BCUT2D eigenvalue weighted by Gasteiger charge is -2.39. The number of carbonyl (C=O) groups is 1. The van der Waals surface area contributed by atoms with Crippen LogP contribution in [0.1, 0.15) is 37.0 Å². The summed E-state index contributed by atoms with van der Waals surface area (Å²) in [6, 6.07) is 9.82. The Labute approximate surface area is 155 Å². The molecule has 1 amide bonds. The van der Waals surface area contributed by atoms with Gasteiger partial charge >= 0.3 is 0 Å². The third kappa shape index (κ3) is 4.59. The fraction of sp³-hybridized carbons (Fsp3) is 0.444. The summed E-state index contributed by atoms with van der Waals surface area (Å²) < 4.78 is 0. The highest BCUT2D eigenvalue weighted by atomic mass is 35.5. The van der Waals surface area contributed by atoms with Gasteiger partial charge in [0.1, 0.15) is 0 Å². The molecule has 24 heavy (non-hydrogen) atoms. The topological polar surface area (TPSA) is 54.0 Å². The Hall–Kier alpha value is -1.36. The van der Waals surface area contributed by atoms with E-state index in [0.29, 0.717) is 18.2 Å². The fourth-order valence-corrected chi connectivity index (χ4v) is 3.13. The minimum absolute atomic E-state index is 0. The van der Waals surface area contributed by atoms with Gasteiger partial charge in [0, 0.05) is 29.7 Å². The fourth-order valence-electron chi connectivity index (χ4n) is 3.13. The molecule has 0 spiro atoms. The van der Waals surface area contributed by atoms with Gasteiger partial charge in [0.05, 0.1) is 5.52 Å². The number of carbonyl (C=O) groups excluding carboxylic acids is 1. The van der Waals surface area contributed by atoms with Crippen molar-refractivity contribution in [1.29, 1.82) is 0 Å². The number of hydrogen-bond donors (Lipinski definition) is 2. The summed E-state index contributed by atoms with van der Waals surface area (Å²) in [6.07, 6.45) is 4.16. The molecule has 6 heteroatoms. The van der Waals surface area contributed by atoms with Gasteiger partial charge in [0.2, 0.25) is 0 Å². The Morgan fingerprint density at radius 3 is 2.88 bits per heavy atom. The van der Waals surface area contributed by atoms with Gasteiger partial charge in [-0.05, 0) is 49.1 Å². The quantitative estimate of drug-likeness (QED) is 0.868. The van der Waals surface area contributed by atoms with Crippen LogP contribution in [0.5, 0.6) is 0 Å². The molecule has 1 saturated heterocycles. The van der Waals surface area contributed by atoms with Crippen molar-refractivity contribution in [2.45, 2.75) is 32.7 Å². The number of nitrogens with zero attached hydrogens (tertiary/aromatic N) is 1. The van der Waals surface area contributed by atoms with E-state index in [4.69, 9.17) is 0 Å². The van der Waals surface area contributed by atoms with Crippen LogP contribution in [0.25, 0.3) is 10.9 Å². The lowest BCUT2D eigenvalue weighted by atomic mass is 9.77. The molecule has 1 aliphatic heterocycles. The largest absolute Gasteiger partial charge is 0.350 e. The van der Waals surface area contributed by atoms with Crippen molar-refractivity contribution in [2.24, 2.45) is 5.41 Å². The Kier molecular flexibility index (Phi) is 7.46. The number of rotatable bonds is 3. The van der Waals surface area contributed by atoms with Crippen molar-refractivity contribution in [1.82, 2.24) is 15.6 Å². The van der Waals surface area contributed by atoms with Crippen LogP contribution in [0.4, 0.5) is 0 Å². The van der Waals surface area contributed by atoms with Gasteiger partial charge in [-0.15, -0.1) is 24.8 Å². The summed E-state index contributed by atoms with van der Waals surface area (Å²) in [5, 5.41) is 7.58. The molecule has 0 saturated carbocycles. The Balaban J connectivity index is 0.00000144. The predicted octanol–water partition coefficient (Wildman–Crippen LogP) is 3.59. The van der Waals surface area contributed by atoms with Crippen LogP contribution in [-0.2, 0) is 0 Å². The minimum Gasteiger partial charge on any atom is -0.350 e. The molecule has 1 atom stereocenters. The summed E-state index contributed by atoms with van der Waals surface area (Å²) in [5.74, 6) is -0.0195. The van der Waals surface area contributed by atoms with Gasteiger partial charge < -0.3 is 10.6 Å². The first-order valence-corrected chi connectivity index (χ1v) is 7.93. The molecule has 0 bridgehead atoms. The average Bonchev–Trinajstić information content (AvgIpc) is 2.52. The Bertz CT molecular complexity index is 691. The molecule has 132 valence electrons. The normalized spacial score (nSPS) is 19.0. The second-order valence-corrected chi connectivity index (χ2v) is 6.72. The lowest BCUT2D eigenvalue weighted by molar-refractivity contribution is 0.0929. The van der Waals surface area contributed by atoms with Crippen molar-refractivity contribution in [3.05, 3.63) is 42.1 Å². The smallest absolute Gasteiger partial charge is 0.251 e. The van der Waals surface area contributed by atoms with Gasteiger partial charge in [-0.25, -0.2) is 0 Å². The van der Waals surface area contributed by atoms with E-state index < -0.39 is 0 Å². The zero-order valence-electron chi connectivity index (χ0n) is 14.0. The summed E-state index contributed by atoms with van der Waals surface area (Å²) >= 11 is 0. The molecule has 2 heterocycles. The molecule has 0 aliphatic carbocycles. The molecule has 1 aliphatic rings. The summed E-state index contributed by atoms with van der Waals surface area (Å²) in [5.41, 5.74) is 1.82. The van der Waals surface area contributed by atoms with Crippen LogP contribution >= 0.6 is 24.8 Å². The molecule has 1 unspecified atom stereocenters.